The van der Waals surface area contributed by atoms with Crippen molar-refractivity contribution in [3.8, 4) is 0 Å². The lowest BCUT2D eigenvalue weighted by Crippen LogP contribution is -2.49. The van der Waals surface area contributed by atoms with Crippen LogP contribution < -0.4 is 5.32 Å². The van der Waals surface area contributed by atoms with E-state index in [1.54, 1.807) is 11.3 Å². The molecule has 2 amide bonds. The molecule has 2 aromatic rings. The molecule has 3 rings (SSSR count). The Labute approximate surface area is 139 Å². The maximum absolute atomic E-state index is 12.2. The molecule has 1 N–H and O–H groups in total. The van der Waals surface area contributed by atoms with Gasteiger partial charge in [0.25, 0.3) is 0 Å². The van der Waals surface area contributed by atoms with Gasteiger partial charge in [-0.25, -0.2) is 4.79 Å². The summed E-state index contributed by atoms with van der Waals surface area (Å²) in [5.41, 5.74) is 0.836. The zero-order valence-electron chi connectivity index (χ0n) is 12.2. The van der Waals surface area contributed by atoms with Gasteiger partial charge in [-0.3, -0.25) is 4.90 Å². The Hall–Kier alpha value is -1.56. The molecule has 1 aliphatic heterocycles. The van der Waals surface area contributed by atoms with Crippen molar-refractivity contribution >= 4 is 34.7 Å². The van der Waals surface area contributed by atoms with Gasteiger partial charge in [-0.05, 0) is 24.3 Å². The Morgan fingerprint density at radius 1 is 1.09 bits per heavy atom. The first kappa shape index (κ1) is 15.3. The molecule has 0 radical (unpaired) electrons. The first-order chi connectivity index (χ1) is 10.7. The maximum Gasteiger partial charge on any atom is 0.321 e. The van der Waals surface area contributed by atoms with Gasteiger partial charge >= 0.3 is 6.03 Å². The zero-order valence-corrected chi connectivity index (χ0v) is 13.7. The van der Waals surface area contributed by atoms with Crippen LogP contribution in [0, 0.1) is 0 Å². The van der Waals surface area contributed by atoms with Crippen molar-refractivity contribution in [2.75, 3.05) is 31.5 Å². The molecule has 1 aliphatic rings. The van der Waals surface area contributed by atoms with Crippen molar-refractivity contribution in [3.63, 3.8) is 0 Å². The summed E-state index contributed by atoms with van der Waals surface area (Å²) < 4.78 is 0.830. The number of halogens is 1. The number of para-hydroxylation sites is 1. The minimum atomic E-state index is -0.0231. The summed E-state index contributed by atoms with van der Waals surface area (Å²) >= 11 is 7.58. The lowest BCUT2D eigenvalue weighted by molar-refractivity contribution is 0.143. The highest BCUT2D eigenvalue weighted by atomic mass is 35.5. The van der Waals surface area contributed by atoms with Crippen LogP contribution in [0.3, 0.4) is 0 Å². The van der Waals surface area contributed by atoms with E-state index in [0.29, 0.717) is 0 Å². The monoisotopic (exact) mass is 335 g/mol. The molecule has 1 fully saturated rings. The average molecular weight is 336 g/mol. The van der Waals surface area contributed by atoms with E-state index in [4.69, 9.17) is 11.6 Å². The standard InChI is InChI=1S/C16H18ClN3OS/c17-15-7-6-14(22-15)12-19-8-10-20(11-9-19)16(21)18-13-4-2-1-3-5-13/h1-7H,8-12H2,(H,18,21). The minimum Gasteiger partial charge on any atom is -0.322 e. The number of carbonyl (C=O) groups is 1. The van der Waals surface area contributed by atoms with Gasteiger partial charge < -0.3 is 10.2 Å². The van der Waals surface area contributed by atoms with E-state index < -0.39 is 0 Å². The number of thiophene rings is 1. The molecule has 6 heteroatoms. The molecule has 0 spiro atoms. The summed E-state index contributed by atoms with van der Waals surface area (Å²) in [6, 6.07) is 13.5. The van der Waals surface area contributed by atoms with Gasteiger partial charge in [0.15, 0.2) is 0 Å². The summed E-state index contributed by atoms with van der Waals surface area (Å²) in [6.07, 6.45) is 0. The van der Waals surface area contributed by atoms with E-state index in [1.807, 2.05) is 41.3 Å². The second-order valence-corrected chi connectivity index (χ2v) is 7.06. The number of nitrogens with zero attached hydrogens (tertiary/aromatic N) is 2. The van der Waals surface area contributed by atoms with Crippen LogP contribution in [0.15, 0.2) is 42.5 Å². The van der Waals surface area contributed by atoms with Gasteiger partial charge in [-0.1, -0.05) is 29.8 Å². The second kappa shape index (κ2) is 7.13. The van der Waals surface area contributed by atoms with Crippen LogP contribution in [0.1, 0.15) is 4.88 Å². The first-order valence-corrected chi connectivity index (χ1v) is 8.48. The molecular weight excluding hydrogens is 318 g/mol. The van der Waals surface area contributed by atoms with E-state index in [-0.39, 0.29) is 6.03 Å². The SMILES string of the molecule is O=C(Nc1ccccc1)N1CCN(Cc2ccc(Cl)s2)CC1. The lowest BCUT2D eigenvalue weighted by Gasteiger charge is -2.34. The number of rotatable bonds is 3. The van der Waals surface area contributed by atoms with Crippen molar-refractivity contribution in [3.05, 3.63) is 51.7 Å². The van der Waals surface area contributed by atoms with Crippen LogP contribution in [0.5, 0.6) is 0 Å². The number of hydrogen-bond acceptors (Lipinski definition) is 3. The van der Waals surface area contributed by atoms with Crippen LogP contribution in [0.25, 0.3) is 0 Å². The summed E-state index contributed by atoms with van der Waals surface area (Å²) in [5, 5.41) is 2.93. The number of piperazine rings is 1. The third-order valence-corrected chi connectivity index (χ3v) is 4.91. The molecule has 0 saturated carbocycles. The van der Waals surface area contributed by atoms with Gasteiger partial charge in [0.05, 0.1) is 4.34 Å². The third kappa shape index (κ3) is 4.00. The number of anilines is 1. The Kier molecular flexibility index (Phi) is 4.97. The number of nitrogens with one attached hydrogen (secondary N) is 1. The molecule has 1 aromatic heterocycles. The maximum atomic E-state index is 12.2. The summed E-state index contributed by atoms with van der Waals surface area (Å²) in [7, 11) is 0. The van der Waals surface area contributed by atoms with E-state index in [0.717, 1.165) is 42.7 Å². The predicted molar refractivity (Wildman–Crippen MR) is 91.6 cm³/mol. The van der Waals surface area contributed by atoms with Gasteiger partial charge in [0, 0.05) is 43.3 Å². The van der Waals surface area contributed by atoms with Gasteiger partial charge in [-0.2, -0.15) is 0 Å². The van der Waals surface area contributed by atoms with Gasteiger partial charge in [0.1, 0.15) is 0 Å². The van der Waals surface area contributed by atoms with Crippen LogP contribution in [-0.4, -0.2) is 42.0 Å². The van der Waals surface area contributed by atoms with Crippen molar-refractivity contribution < 1.29 is 4.79 Å². The molecule has 1 saturated heterocycles. The second-order valence-electron chi connectivity index (χ2n) is 5.27. The topological polar surface area (TPSA) is 35.6 Å². The molecular formula is C16H18ClN3OS. The molecule has 22 heavy (non-hydrogen) atoms. The minimum absolute atomic E-state index is 0.0231. The zero-order chi connectivity index (χ0) is 15.4. The smallest absolute Gasteiger partial charge is 0.321 e. The molecule has 4 nitrogen and oxygen atoms in total. The van der Waals surface area contributed by atoms with E-state index in [1.165, 1.54) is 4.88 Å². The Bertz CT molecular complexity index is 623. The fourth-order valence-electron chi connectivity index (χ4n) is 2.49. The highest BCUT2D eigenvalue weighted by Gasteiger charge is 2.21. The molecule has 2 heterocycles. The Morgan fingerprint density at radius 3 is 2.45 bits per heavy atom. The van der Waals surface area contributed by atoms with Crippen molar-refractivity contribution in [1.29, 1.82) is 0 Å². The van der Waals surface area contributed by atoms with Gasteiger partial charge in [0.2, 0.25) is 0 Å². The third-order valence-electron chi connectivity index (χ3n) is 3.69. The summed E-state index contributed by atoms with van der Waals surface area (Å²) in [4.78, 5) is 17.7. The Morgan fingerprint density at radius 2 is 1.82 bits per heavy atom. The molecule has 0 atom stereocenters. The molecule has 116 valence electrons. The highest BCUT2D eigenvalue weighted by Crippen LogP contribution is 2.23. The average Bonchev–Trinajstić information content (AvgIpc) is 2.94. The Balaban J connectivity index is 1.48. The highest BCUT2D eigenvalue weighted by molar-refractivity contribution is 7.16. The number of amides is 2. The number of hydrogen-bond donors (Lipinski definition) is 1. The molecule has 1 aromatic carbocycles. The van der Waals surface area contributed by atoms with E-state index in [2.05, 4.69) is 16.3 Å². The lowest BCUT2D eigenvalue weighted by atomic mass is 10.3. The van der Waals surface area contributed by atoms with E-state index in [9.17, 15) is 4.79 Å². The summed E-state index contributed by atoms with van der Waals surface area (Å²) in [6.45, 7) is 4.18. The normalized spacial score (nSPS) is 15.8. The number of urea groups is 1. The van der Waals surface area contributed by atoms with E-state index >= 15 is 0 Å². The van der Waals surface area contributed by atoms with Crippen LogP contribution in [-0.2, 0) is 6.54 Å². The quantitative estimate of drug-likeness (QED) is 0.927. The first-order valence-electron chi connectivity index (χ1n) is 7.28. The largest absolute Gasteiger partial charge is 0.322 e. The van der Waals surface area contributed by atoms with Crippen molar-refractivity contribution in [2.45, 2.75) is 6.54 Å². The van der Waals surface area contributed by atoms with Crippen LogP contribution >= 0.6 is 22.9 Å². The fourth-order valence-corrected chi connectivity index (χ4v) is 3.62. The number of carbonyl (C=O) groups excluding carboxylic acids is 1. The molecule has 0 unspecified atom stereocenters. The predicted octanol–water partition coefficient (Wildman–Crippen LogP) is 3.75. The van der Waals surface area contributed by atoms with Crippen LogP contribution in [0.2, 0.25) is 4.34 Å². The van der Waals surface area contributed by atoms with Crippen LogP contribution in [0.4, 0.5) is 10.5 Å². The van der Waals surface area contributed by atoms with Crippen molar-refractivity contribution in [1.82, 2.24) is 9.80 Å². The molecule has 0 aliphatic carbocycles. The van der Waals surface area contributed by atoms with Gasteiger partial charge in [-0.15, -0.1) is 11.3 Å². The number of benzene rings is 1. The van der Waals surface area contributed by atoms with Crippen molar-refractivity contribution in [2.24, 2.45) is 0 Å². The summed E-state index contributed by atoms with van der Waals surface area (Å²) in [5.74, 6) is 0. The molecule has 0 bridgehead atoms. The fraction of sp³-hybridized carbons (Fsp3) is 0.312.